The predicted octanol–water partition coefficient (Wildman–Crippen LogP) is 2.98. The zero-order chi connectivity index (χ0) is 19.1. The van der Waals surface area contributed by atoms with Crippen molar-refractivity contribution in [1.82, 2.24) is 10.3 Å². The van der Waals surface area contributed by atoms with E-state index < -0.39 is 6.04 Å². The molecule has 0 bridgehead atoms. The van der Waals surface area contributed by atoms with E-state index in [-0.39, 0.29) is 17.4 Å². The van der Waals surface area contributed by atoms with Gasteiger partial charge in [0, 0.05) is 5.69 Å². The Bertz CT molecular complexity index is 844. The molecule has 0 saturated heterocycles. The fourth-order valence-corrected chi connectivity index (χ4v) is 3.47. The second-order valence-corrected chi connectivity index (χ2v) is 7.05. The fourth-order valence-electron chi connectivity index (χ4n) is 2.56. The van der Waals surface area contributed by atoms with Gasteiger partial charge in [-0.15, -0.1) is 0 Å². The number of nitriles is 1. The molecule has 1 atom stereocenters. The number of carbonyl (C=O) groups excluding carboxylic acids is 2. The Labute approximate surface area is 157 Å². The highest BCUT2D eigenvalue weighted by atomic mass is 32.2. The Morgan fingerprint density at radius 2 is 1.96 bits per heavy atom. The molecule has 2 aromatic rings. The van der Waals surface area contributed by atoms with E-state index in [1.54, 1.807) is 0 Å². The summed E-state index contributed by atoms with van der Waals surface area (Å²) < 4.78 is 0. The van der Waals surface area contributed by atoms with Crippen LogP contribution in [0.5, 0.6) is 0 Å². The number of amides is 1. The maximum atomic E-state index is 12.3. The van der Waals surface area contributed by atoms with Gasteiger partial charge in [-0.3, -0.25) is 9.59 Å². The van der Waals surface area contributed by atoms with Crippen LogP contribution in [0.15, 0.2) is 41.4 Å². The third kappa shape index (κ3) is 5.43. The van der Waals surface area contributed by atoms with E-state index >= 15 is 0 Å². The van der Waals surface area contributed by atoms with E-state index in [1.807, 2.05) is 50.2 Å². The number of pyridine rings is 1. The topological polar surface area (TPSA) is 82.8 Å². The highest BCUT2D eigenvalue weighted by molar-refractivity contribution is 8.00. The Kier molecular flexibility index (Phi) is 6.93. The van der Waals surface area contributed by atoms with Gasteiger partial charge in [0.05, 0.1) is 17.4 Å². The third-order valence-corrected chi connectivity index (χ3v) is 4.85. The maximum absolute atomic E-state index is 12.3. The predicted molar refractivity (Wildman–Crippen MR) is 102 cm³/mol. The molecule has 2 rings (SSSR count). The zero-order valence-electron chi connectivity index (χ0n) is 15.1. The van der Waals surface area contributed by atoms with Gasteiger partial charge in [0.1, 0.15) is 11.1 Å². The first-order valence-electron chi connectivity index (χ1n) is 8.25. The number of nitrogens with one attached hydrogen (secondary N) is 1. The van der Waals surface area contributed by atoms with Gasteiger partial charge in [0.15, 0.2) is 5.78 Å². The van der Waals surface area contributed by atoms with E-state index in [4.69, 9.17) is 0 Å². The monoisotopic (exact) mass is 367 g/mol. The van der Waals surface area contributed by atoms with Gasteiger partial charge < -0.3 is 5.32 Å². The number of Topliss-reactive ketones (excluding diaryl/α,β-unsaturated/α-hetero) is 1. The van der Waals surface area contributed by atoms with Crippen LogP contribution in [0.25, 0.3) is 0 Å². The van der Waals surface area contributed by atoms with Gasteiger partial charge in [-0.1, -0.05) is 42.1 Å². The highest BCUT2D eigenvalue weighted by Crippen LogP contribution is 2.23. The number of nitrogens with zero attached hydrogens (tertiary/aromatic N) is 2. The van der Waals surface area contributed by atoms with E-state index in [9.17, 15) is 14.9 Å². The molecule has 0 spiro atoms. The molecular formula is C20H21N3O2S. The van der Waals surface area contributed by atoms with Gasteiger partial charge in [0.25, 0.3) is 0 Å². The number of ketones is 1. The van der Waals surface area contributed by atoms with Crippen LogP contribution < -0.4 is 5.32 Å². The van der Waals surface area contributed by atoms with Crippen LogP contribution >= 0.6 is 11.8 Å². The Morgan fingerprint density at radius 3 is 2.58 bits per heavy atom. The van der Waals surface area contributed by atoms with Crippen molar-refractivity contribution in [3.63, 3.8) is 0 Å². The number of rotatable bonds is 7. The first-order chi connectivity index (χ1) is 12.4. The van der Waals surface area contributed by atoms with Gasteiger partial charge in [0.2, 0.25) is 5.91 Å². The van der Waals surface area contributed by atoms with Crippen molar-refractivity contribution >= 4 is 23.5 Å². The van der Waals surface area contributed by atoms with Crippen LogP contribution in [0.2, 0.25) is 0 Å². The molecule has 1 N–H and O–H groups in total. The minimum absolute atomic E-state index is 0.0885. The number of hydrogen-bond donors (Lipinski definition) is 1. The minimum atomic E-state index is -0.562. The summed E-state index contributed by atoms with van der Waals surface area (Å²) >= 11 is 1.21. The smallest absolute Gasteiger partial charge is 0.231 e. The van der Waals surface area contributed by atoms with Gasteiger partial charge in [-0.25, -0.2) is 4.98 Å². The second kappa shape index (κ2) is 9.16. The van der Waals surface area contributed by atoms with Crippen LogP contribution in [-0.2, 0) is 16.0 Å². The summed E-state index contributed by atoms with van der Waals surface area (Å²) in [5.74, 6) is -0.242. The number of benzene rings is 1. The molecule has 0 fully saturated rings. The highest BCUT2D eigenvalue weighted by Gasteiger charge is 2.18. The molecule has 1 unspecified atom stereocenters. The summed E-state index contributed by atoms with van der Waals surface area (Å²) in [6, 6.07) is 13.0. The summed E-state index contributed by atoms with van der Waals surface area (Å²) in [5.41, 5.74) is 3.12. The van der Waals surface area contributed by atoms with Crippen LogP contribution in [0.1, 0.15) is 29.3 Å². The van der Waals surface area contributed by atoms with Crippen molar-refractivity contribution < 1.29 is 9.59 Å². The molecule has 1 amide bonds. The normalized spacial score (nSPS) is 11.5. The quantitative estimate of drug-likeness (QED) is 0.761. The van der Waals surface area contributed by atoms with Gasteiger partial charge >= 0.3 is 0 Å². The molecular weight excluding hydrogens is 346 g/mol. The first-order valence-corrected chi connectivity index (χ1v) is 9.24. The summed E-state index contributed by atoms with van der Waals surface area (Å²) in [6.45, 7) is 5.17. The van der Waals surface area contributed by atoms with Crippen molar-refractivity contribution in [2.24, 2.45) is 0 Å². The van der Waals surface area contributed by atoms with Crippen molar-refractivity contribution in [2.45, 2.75) is 38.3 Å². The number of hydrogen-bond acceptors (Lipinski definition) is 5. The summed E-state index contributed by atoms with van der Waals surface area (Å²) in [5, 5.41) is 12.6. The van der Waals surface area contributed by atoms with E-state index in [1.165, 1.54) is 18.7 Å². The van der Waals surface area contributed by atoms with Crippen LogP contribution in [0.3, 0.4) is 0 Å². The molecule has 134 valence electrons. The largest absolute Gasteiger partial charge is 0.345 e. The van der Waals surface area contributed by atoms with Gasteiger partial charge in [-0.2, -0.15) is 5.26 Å². The lowest BCUT2D eigenvalue weighted by atomic mass is 10.0. The number of aromatic nitrogens is 1. The van der Waals surface area contributed by atoms with Crippen LogP contribution in [-0.4, -0.2) is 28.5 Å². The van der Waals surface area contributed by atoms with Crippen LogP contribution in [0.4, 0.5) is 0 Å². The molecule has 5 nitrogen and oxygen atoms in total. The molecule has 0 aliphatic carbocycles. The molecule has 0 aliphatic heterocycles. The lowest BCUT2D eigenvalue weighted by Gasteiger charge is -2.16. The summed E-state index contributed by atoms with van der Waals surface area (Å²) in [7, 11) is 0. The van der Waals surface area contributed by atoms with Gasteiger partial charge in [-0.05, 0) is 44.4 Å². The molecule has 6 heteroatoms. The maximum Gasteiger partial charge on any atom is 0.231 e. The average molecular weight is 367 g/mol. The Balaban J connectivity index is 2.01. The second-order valence-electron chi connectivity index (χ2n) is 6.08. The Hall–Kier alpha value is -2.65. The van der Waals surface area contributed by atoms with Crippen molar-refractivity contribution in [2.75, 3.05) is 5.75 Å². The summed E-state index contributed by atoms with van der Waals surface area (Å²) in [4.78, 5) is 28.5. The Morgan fingerprint density at radius 1 is 1.27 bits per heavy atom. The van der Waals surface area contributed by atoms with E-state index in [0.717, 1.165) is 16.8 Å². The fraction of sp³-hybridized carbons (Fsp3) is 0.300. The van der Waals surface area contributed by atoms with E-state index in [2.05, 4.69) is 16.4 Å². The molecule has 0 aliphatic rings. The van der Waals surface area contributed by atoms with Crippen molar-refractivity contribution in [3.05, 3.63) is 58.8 Å². The third-order valence-electron chi connectivity index (χ3n) is 3.87. The molecule has 1 heterocycles. The van der Waals surface area contributed by atoms with Crippen LogP contribution in [0, 0.1) is 25.2 Å². The zero-order valence-corrected chi connectivity index (χ0v) is 15.9. The first kappa shape index (κ1) is 19.7. The SMILES string of the molecule is CC(=O)C(Cc1ccccc1)NC(=O)CSc1nc(C)cc(C)c1C#N. The van der Waals surface area contributed by atoms with Crippen molar-refractivity contribution in [3.8, 4) is 6.07 Å². The molecule has 0 saturated carbocycles. The van der Waals surface area contributed by atoms with E-state index in [0.29, 0.717) is 17.0 Å². The average Bonchev–Trinajstić information content (AvgIpc) is 2.60. The number of carbonyl (C=O) groups is 2. The molecule has 1 aromatic carbocycles. The molecule has 0 radical (unpaired) electrons. The lowest BCUT2D eigenvalue weighted by molar-refractivity contribution is -0.125. The number of aryl methyl sites for hydroxylation is 2. The standard InChI is InChI=1S/C20H21N3O2S/c1-13-9-14(2)22-20(17(13)11-21)26-12-19(25)23-18(15(3)24)10-16-7-5-4-6-8-16/h4-9,18H,10,12H2,1-3H3,(H,23,25). The molecule has 26 heavy (non-hydrogen) atoms. The summed E-state index contributed by atoms with van der Waals surface area (Å²) in [6.07, 6.45) is 0.456. The van der Waals surface area contributed by atoms with Crippen molar-refractivity contribution in [1.29, 1.82) is 5.26 Å². The minimum Gasteiger partial charge on any atom is -0.345 e. The molecule has 1 aromatic heterocycles. The number of thioether (sulfide) groups is 1. The lowest BCUT2D eigenvalue weighted by Crippen LogP contribution is -2.42.